The number of rotatable bonds is 2. The summed E-state index contributed by atoms with van der Waals surface area (Å²) in [5.74, 6) is -0.661. The van der Waals surface area contributed by atoms with E-state index in [9.17, 15) is 21.6 Å². The van der Waals surface area contributed by atoms with E-state index in [0.717, 1.165) is 12.1 Å². The van der Waals surface area contributed by atoms with Crippen LogP contribution < -0.4 is 5.73 Å². The first-order chi connectivity index (χ1) is 8.34. The number of benzene rings is 1. The molecule has 19 heavy (non-hydrogen) atoms. The fourth-order valence-corrected chi connectivity index (χ4v) is 2.50. The Kier molecular flexibility index (Phi) is 3.91. The van der Waals surface area contributed by atoms with Crippen molar-refractivity contribution in [2.45, 2.75) is 37.4 Å². The molecule has 2 N–H and O–H groups in total. The van der Waals surface area contributed by atoms with Gasteiger partial charge in [0.1, 0.15) is 0 Å². The van der Waals surface area contributed by atoms with Crippen molar-refractivity contribution in [3.05, 3.63) is 29.3 Å². The molecule has 0 radical (unpaired) electrons. The van der Waals surface area contributed by atoms with E-state index in [-0.39, 0.29) is 11.3 Å². The predicted molar refractivity (Wildman–Crippen MR) is 68.2 cm³/mol. The molecule has 0 aliphatic carbocycles. The first-order valence-corrected chi connectivity index (χ1v) is 7.18. The standard InChI is InChI=1S/C12H16F3NO2S/c1-11(2,3)19(17,18)7-8-4-5-9(16)6-10(8)12(13,14)15/h4-6H,7,16H2,1-3H3. The summed E-state index contributed by atoms with van der Waals surface area (Å²) in [5.41, 5.74) is 3.99. The monoisotopic (exact) mass is 295 g/mol. The Morgan fingerprint density at radius 1 is 1.16 bits per heavy atom. The third kappa shape index (κ3) is 3.62. The van der Waals surface area contributed by atoms with Crippen molar-refractivity contribution in [2.75, 3.05) is 5.73 Å². The number of hydrogen-bond donors (Lipinski definition) is 1. The van der Waals surface area contributed by atoms with E-state index < -0.39 is 32.1 Å². The van der Waals surface area contributed by atoms with E-state index >= 15 is 0 Å². The highest BCUT2D eigenvalue weighted by molar-refractivity contribution is 7.91. The van der Waals surface area contributed by atoms with Crippen LogP contribution in [0.4, 0.5) is 18.9 Å². The van der Waals surface area contributed by atoms with E-state index in [0.29, 0.717) is 0 Å². The summed E-state index contributed by atoms with van der Waals surface area (Å²) >= 11 is 0. The Balaban J connectivity index is 3.31. The van der Waals surface area contributed by atoms with Crippen molar-refractivity contribution in [1.29, 1.82) is 0 Å². The van der Waals surface area contributed by atoms with Crippen LogP contribution in [0.5, 0.6) is 0 Å². The van der Waals surface area contributed by atoms with Crippen LogP contribution in [0, 0.1) is 0 Å². The molecule has 0 heterocycles. The molecular weight excluding hydrogens is 279 g/mol. The largest absolute Gasteiger partial charge is 0.416 e. The van der Waals surface area contributed by atoms with Crippen LogP contribution >= 0.6 is 0 Å². The lowest BCUT2D eigenvalue weighted by Gasteiger charge is -2.21. The molecule has 108 valence electrons. The quantitative estimate of drug-likeness (QED) is 0.853. The van der Waals surface area contributed by atoms with Gasteiger partial charge in [0.15, 0.2) is 9.84 Å². The minimum absolute atomic E-state index is 0.0516. The zero-order valence-electron chi connectivity index (χ0n) is 10.9. The molecule has 7 heteroatoms. The molecule has 0 saturated carbocycles. The summed E-state index contributed by atoms with van der Waals surface area (Å²) in [6, 6.07) is 3.14. The first kappa shape index (κ1) is 15.8. The average molecular weight is 295 g/mol. The van der Waals surface area contributed by atoms with Gasteiger partial charge >= 0.3 is 6.18 Å². The molecule has 1 aromatic carbocycles. The van der Waals surface area contributed by atoms with Crippen molar-refractivity contribution in [3.63, 3.8) is 0 Å². The van der Waals surface area contributed by atoms with Crippen LogP contribution in [0.25, 0.3) is 0 Å². The number of hydrogen-bond acceptors (Lipinski definition) is 3. The molecule has 0 saturated heterocycles. The molecule has 1 aromatic rings. The second kappa shape index (κ2) is 4.70. The highest BCUT2D eigenvalue weighted by Crippen LogP contribution is 2.35. The van der Waals surface area contributed by atoms with Crippen LogP contribution in [0.2, 0.25) is 0 Å². The van der Waals surface area contributed by atoms with Gasteiger partial charge in [0, 0.05) is 5.69 Å². The molecule has 1 rings (SSSR count). The maximum atomic E-state index is 12.8. The summed E-state index contributed by atoms with van der Waals surface area (Å²) in [6.45, 7) is 4.35. The van der Waals surface area contributed by atoms with Gasteiger partial charge in [-0.3, -0.25) is 0 Å². The number of nitrogens with two attached hydrogens (primary N) is 1. The number of halogens is 3. The Bertz CT molecular complexity index is 572. The van der Waals surface area contributed by atoms with E-state index in [1.54, 1.807) is 0 Å². The van der Waals surface area contributed by atoms with Crippen LogP contribution in [-0.2, 0) is 21.8 Å². The lowest BCUT2D eigenvalue weighted by molar-refractivity contribution is -0.138. The van der Waals surface area contributed by atoms with Crippen LogP contribution in [0.15, 0.2) is 18.2 Å². The molecule has 0 aliphatic heterocycles. The van der Waals surface area contributed by atoms with Gasteiger partial charge in [0.2, 0.25) is 0 Å². The van der Waals surface area contributed by atoms with Crippen molar-refractivity contribution >= 4 is 15.5 Å². The van der Waals surface area contributed by atoms with Gasteiger partial charge in [-0.05, 0) is 38.5 Å². The summed E-state index contributed by atoms with van der Waals surface area (Å²) in [6.07, 6.45) is -4.63. The molecule has 0 amide bonds. The van der Waals surface area contributed by atoms with Crippen molar-refractivity contribution in [2.24, 2.45) is 0 Å². The maximum absolute atomic E-state index is 12.8. The minimum atomic E-state index is -4.63. The molecule has 0 aliphatic rings. The summed E-state index contributed by atoms with van der Waals surface area (Å²) in [5, 5.41) is 0. The Hall–Kier alpha value is -1.24. The van der Waals surface area contributed by atoms with Gasteiger partial charge < -0.3 is 5.73 Å². The first-order valence-electron chi connectivity index (χ1n) is 5.52. The smallest absolute Gasteiger partial charge is 0.399 e. The molecule has 0 unspecified atom stereocenters. The molecule has 0 spiro atoms. The lowest BCUT2D eigenvalue weighted by atomic mass is 10.1. The zero-order chi connectivity index (χ0) is 15.1. The van der Waals surface area contributed by atoms with Gasteiger partial charge in [-0.15, -0.1) is 0 Å². The Morgan fingerprint density at radius 2 is 1.68 bits per heavy atom. The second-order valence-corrected chi connectivity index (χ2v) is 8.03. The number of nitrogen functional groups attached to an aromatic ring is 1. The molecule has 0 fully saturated rings. The van der Waals surface area contributed by atoms with E-state index in [2.05, 4.69) is 0 Å². The lowest BCUT2D eigenvalue weighted by Crippen LogP contribution is -2.30. The normalized spacial score (nSPS) is 13.6. The Morgan fingerprint density at radius 3 is 2.11 bits per heavy atom. The zero-order valence-corrected chi connectivity index (χ0v) is 11.7. The van der Waals surface area contributed by atoms with Gasteiger partial charge in [-0.2, -0.15) is 13.2 Å². The number of alkyl halides is 3. The summed E-state index contributed by atoms with van der Waals surface area (Å²) in [4.78, 5) is 0. The van der Waals surface area contributed by atoms with Gasteiger partial charge in [-0.1, -0.05) is 6.07 Å². The summed E-state index contributed by atoms with van der Waals surface area (Å²) < 4.78 is 61.4. The molecular formula is C12H16F3NO2S. The molecule has 3 nitrogen and oxygen atoms in total. The second-order valence-electron chi connectivity index (χ2n) is 5.29. The van der Waals surface area contributed by atoms with Crippen molar-refractivity contribution < 1.29 is 21.6 Å². The summed E-state index contributed by atoms with van der Waals surface area (Å²) in [7, 11) is -3.69. The minimum Gasteiger partial charge on any atom is -0.399 e. The van der Waals surface area contributed by atoms with Gasteiger partial charge in [0.25, 0.3) is 0 Å². The fraction of sp³-hybridized carbons (Fsp3) is 0.500. The third-order valence-electron chi connectivity index (χ3n) is 2.72. The topological polar surface area (TPSA) is 60.2 Å². The maximum Gasteiger partial charge on any atom is 0.416 e. The molecule has 0 atom stereocenters. The van der Waals surface area contributed by atoms with E-state index in [1.165, 1.54) is 26.8 Å². The van der Waals surface area contributed by atoms with Gasteiger partial charge in [0.05, 0.1) is 16.1 Å². The van der Waals surface area contributed by atoms with Crippen molar-refractivity contribution in [3.8, 4) is 0 Å². The Labute approximate surface area is 110 Å². The van der Waals surface area contributed by atoms with Crippen LogP contribution in [0.1, 0.15) is 31.9 Å². The van der Waals surface area contributed by atoms with Crippen LogP contribution in [-0.4, -0.2) is 13.2 Å². The number of sulfone groups is 1. The predicted octanol–water partition coefficient (Wildman–Crippen LogP) is 3.00. The third-order valence-corrected chi connectivity index (χ3v) is 5.27. The highest BCUT2D eigenvalue weighted by Gasteiger charge is 2.36. The van der Waals surface area contributed by atoms with E-state index in [1.807, 2.05) is 0 Å². The van der Waals surface area contributed by atoms with Gasteiger partial charge in [-0.25, -0.2) is 8.42 Å². The van der Waals surface area contributed by atoms with Crippen molar-refractivity contribution in [1.82, 2.24) is 0 Å². The number of anilines is 1. The average Bonchev–Trinajstić information content (AvgIpc) is 2.17. The highest BCUT2D eigenvalue weighted by atomic mass is 32.2. The fourth-order valence-electron chi connectivity index (χ4n) is 1.41. The van der Waals surface area contributed by atoms with Crippen LogP contribution in [0.3, 0.4) is 0 Å². The SMILES string of the molecule is CC(C)(C)S(=O)(=O)Cc1ccc(N)cc1C(F)(F)F. The molecule has 0 aromatic heterocycles. The molecule has 0 bridgehead atoms. The van der Waals surface area contributed by atoms with E-state index in [4.69, 9.17) is 5.73 Å².